The fourth-order valence-electron chi connectivity index (χ4n) is 1.62. The normalized spacial score (nSPS) is 16.0. The smallest absolute Gasteiger partial charge is 0.334 e. The number of aliphatic carboxylic acids is 1. The van der Waals surface area contributed by atoms with E-state index in [0.717, 1.165) is 25.0 Å². The summed E-state index contributed by atoms with van der Waals surface area (Å²) in [5, 5.41) is 18.3. The topological polar surface area (TPSA) is 101 Å². The molecule has 0 spiro atoms. The van der Waals surface area contributed by atoms with Crippen molar-refractivity contribution in [2.75, 3.05) is 12.0 Å². The number of ketones is 1. The van der Waals surface area contributed by atoms with Crippen LogP contribution in [0, 0.1) is 0 Å². The monoisotopic (exact) mass is 277 g/mol. The van der Waals surface area contributed by atoms with E-state index >= 15 is 0 Å². The minimum atomic E-state index is -2.17. The largest absolute Gasteiger partial charge is 0.479 e. The van der Waals surface area contributed by atoms with Crippen molar-refractivity contribution in [2.45, 2.75) is 50.7 Å². The van der Waals surface area contributed by atoms with Crippen molar-refractivity contribution in [3.05, 3.63) is 0 Å². The Morgan fingerprint density at radius 1 is 1.28 bits per heavy atom. The van der Waals surface area contributed by atoms with Crippen LogP contribution < -0.4 is 5.73 Å². The van der Waals surface area contributed by atoms with Gasteiger partial charge in [-0.05, 0) is 31.8 Å². The number of thioether (sulfide) groups is 1. The maximum atomic E-state index is 11.8. The Balaban J connectivity index is 4.10. The van der Waals surface area contributed by atoms with Gasteiger partial charge in [0.1, 0.15) is 0 Å². The summed E-state index contributed by atoms with van der Waals surface area (Å²) in [7, 11) is 0. The second-order valence-electron chi connectivity index (χ2n) is 4.43. The highest BCUT2D eigenvalue weighted by Gasteiger charge is 2.45. The van der Waals surface area contributed by atoms with Gasteiger partial charge in [0.05, 0.1) is 6.10 Å². The van der Waals surface area contributed by atoms with Gasteiger partial charge >= 0.3 is 5.97 Å². The van der Waals surface area contributed by atoms with E-state index in [1.807, 2.05) is 6.26 Å². The maximum Gasteiger partial charge on any atom is 0.334 e. The van der Waals surface area contributed by atoms with Crippen LogP contribution in [0.2, 0.25) is 0 Å². The second-order valence-corrected chi connectivity index (χ2v) is 5.42. The lowest BCUT2D eigenvalue weighted by molar-refractivity contribution is -0.153. The first-order valence-corrected chi connectivity index (χ1v) is 7.49. The minimum Gasteiger partial charge on any atom is -0.479 e. The van der Waals surface area contributed by atoms with E-state index in [1.165, 1.54) is 6.92 Å². The van der Waals surface area contributed by atoms with Crippen molar-refractivity contribution in [3.8, 4) is 0 Å². The van der Waals surface area contributed by atoms with Crippen molar-refractivity contribution in [3.63, 3.8) is 0 Å². The molecule has 0 rings (SSSR count). The summed E-state index contributed by atoms with van der Waals surface area (Å²) in [6.45, 7) is 1.23. The number of carbonyl (C=O) groups is 2. The van der Waals surface area contributed by atoms with Gasteiger partial charge in [0.25, 0.3) is 0 Å². The molecule has 0 aromatic rings. The standard InChI is InChI=1S/C12H23NO4S/c1-9(14)12(13,11(16)17)10(15)7-5-3-4-6-8-18-2/h9,14H,3-8,13H2,1-2H3,(H,16,17). The summed E-state index contributed by atoms with van der Waals surface area (Å²) in [6, 6.07) is 0. The lowest BCUT2D eigenvalue weighted by Gasteiger charge is -2.26. The first-order chi connectivity index (χ1) is 8.37. The molecule has 0 aromatic carbocycles. The van der Waals surface area contributed by atoms with Crippen LogP contribution in [0.4, 0.5) is 0 Å². The lowest BCUT2D eigenvalue weighted by atomic mass is 9.87. The molecule has 2 atom stereocenters. The third kappa shape index (κ3) is 4.96. The molecular formula is C12H23NO4S. The van der Waals surface area contributed by atoms with Gasteiger partial charge in [0, 0.05) is 6.42 Å². The van der Waals surface area contributed by atoms with Crippen LogP contribution in [0.3, 0.4) is 0 Å². The number of carboxylic acids is 1. The van der Waals surface area contributed by atoms with Gasteiger partial charge in [-0.3, -0.25) is 4.79 Å². The molecule has 0 saturated carbocycles. The van der Waals surface area contributed by atoms with E-state index in [1.54, 1.807) is 11.8 Å². The summed E-state index contributed by atoms with van der Waals surface area (Å²) in [4.78, 5) is 22.7. The van der Waals surface area contributed by atoms with Crippen LogP contribution in [-0.2, 0) is 9.59 Å². The fourth-order valence-corrected chi connectivity index (χ4v) is 2.12. The number of rotatable bonds is 10. The Kier molecular flexibility index (Phi) is 8.22. The van der Waals surface area contributed by atoms with E-state index in [2.05, 4.69) is 0 Å². The summed E-state index contributed by atoms with van der Waals surface area (Å²) >= 11 is 1.78. The van der Waals surface area contributed by atoms with Crippen molar-refractivity contribution >= 4 is 23.5 Å². The number of aliphatic hydroxyl groups is 1. The summed E-state index contributed by atoms with van der Waals surface area (Å²) in [6.07, 6.45) is 4.37. The van der Waals surface area contributed by atoms with Crippen LogP contribution in [0.5, 0.6) is 0 Å². The molecule has 0 bridgehead atoms. The zero-order chi connectivity index (χ0) is 14.2. The number of nitrogens with two attached hydrogens (primary N) is 1. The Morgan fingerprint density at radius 3 is 2.28 bits per heavy atom. The van der Waals surface area contributed by atoms with Crippen LogP contribution >= 0.6 is 11.8 Å². The summed E-state index contributed by atoms with van der Waals surface area (Å²) < 4.78 is 0. The molecule has 2 unspecified atom stereocenters. The van der Waals surface area contributed by atoms with Gasteiger partial charge < -0.3 is 15.9 Å². The Morgan fingerprint density at radius 2 is 1.83 bits per heavy atom. The Bertz CT molecular complexity index is 283. The molecular weight excluding hydrogens is 254 g/mol. The van der Waals surface area contributed by atoms with Crippen molar-refractivity contribution < 1.29 is 19.8 Å². The second kappa shape index (κ2) is 8.50. The molecule has 0 heterocycles. The molecule has 0 amide bonds. The zero-order valence-electron chi connectivity index (χ0n) is 11.0. The quantitative estimate of drug-likeness (QED) is 0.407. The third-order valence-electron chi connectivity index (χ3n) is 2.98. The first-order valence-electron chi connectivity index (χ1n) is 6.10. The Labute approximate surface area is 112 Å². The van der Waals surface area contributed by atoms with Crippen LogP contribution in [0.25, 0.3) is 0 Å². The van der Waals surface area contributed by atoms with Gasteiger partial charge in [-0.1, -0.05) is 12.8 Å². The minimum absolute atomic E-state index is 0.104. The van der Waals surface area contributed by atoms with Gasteiger partial charge in [0.15, 0.2) is 11.3 Å². The first kappa shape index (κ1) is 17.4. The van der Waals surface area contributed by atoms with Crippen molar-refractivity contribution in [1.82, 2.24) is 0 Å². The Hall–Kier alpha value is -0.590. The molecule has 0 fully saturated rings. The van der Waals surface area contributed by atoms with E-state index < -0.39 is 23.4 Å². The lowest BCUT2D eigenvalue weighted by Crippen LogP contribution is -2.62. The molecule has 18 heavy (non-hydrogen) atoms. The molecule has 0 aliphatic rings. The van der Waals surface area contributed by atoms with E-state index in [0.29, 0.717) is 6.42 Å². The molecule has 6 heteroatoms. The average molecular weight is 277 g/mol. The SMILES string of the molecule is CSCCCCCCC(=O)C(N)(C(=O)O)C(C)O. The van der Waals surface area contributed by atoms with E-state index in [4.69, 9.17) is 10.8 Å². The van der Waals surface area contributed by atoms with E-state index in [9.17, 15) is 14.7 Å². The molecule has 0 aromatic heterocycles. The summed E-state index contributed by atoms with van der Waals surface area (Å²) in [5.41, 5.74) is 3.32. The zero-order valence-corrected chi connectivity index (χ0v) is 11.8. The number of aliphatic hydroxyl groups excluding tert-OH is 1. The van der Waals surface area contributed by atoms with Gasteiger partial charge in [-0.2, -0.15) is 11.8 Å². The highest BCUT2D eigenvalue weighted by atomic mass is 32.2. The van der Waals surface area contributed by atoms with Crippen LogP contribution in [0.1, 0.15) is 39.0 Å². The van der Waals surface area contributed by atoms with Crippen LogP contribution in [0.15, 0.2) is 0 Å². The number of carbonyl (C=O) groups excluding carboxylic acids is 1. The molecule has 106 valence electrons. The van der Waals surface area contributed by atoms with Gasteiger partial charge in [-0.15, -0.1) is 0 Å². The molecule has 0 saturated heterocycles. The van der Waals surface area contributed by atoms with Gasteiger partial charge in [-0.25, -0.2) is 4.79 Å². The number of hydrogen-bond acceptors (Lipinski definition) is 5. The fraction of sp³-hybridized carbons (Fsp3) is 0.833. The maximum absolute atomic E-state index is 11.8. The summed E-state index contributed by atoms with van der Waals surface area (Å²) in [5.74, 6) is -0.975. The van der Waals surface area contributed by atoms with Crippen LogP contribution in [-0.4, -0.2) is 45.6 Å². The van der Waals surface area contributed by atoms with Gasteiger partial charge in [0.2, 0.25) is 0 Å². The molecule has 0 aliphatic heterocycles. The highest BCUT2D eigenvalue weighted by molar-refractivity contribution is 7.98. The number of Topliss-reactive ketones (excluding diaryl/α,β-unsaturated/α-hetero) is 1. The molecule has 5 nitrogen and oxygen atoms in total. The third-order valence-corrected chi connectivity index (χ3v) is 3.67. The number of hydrogen-bond donors (Lipinski definition) is 3. The average Bonchev–Trinajstić information content (AvgIpc) is 2.31. The highest BCUT2D eigenvalue weighted by Crippen LogP contribution is 2.15. The number of carboxylic acid groups (broad SMARTS) is 1. The van der Waals surface area contributed by atoms with Crippen molar-refractivity contribution in [1.29, 1.82) is 0 Å². The number of unbranched alkanes of at least 4 members (excludes halogenated alkanes) is 3. The van der Waals surface area contributed by atoms with Crippen molar-refractivity contribution in [2.24, 2.45) is 5.73 Å². The molecule has 0 aliphatic carbocycles. The molecule has 0 radical (unpaired) electrons. The van der Waals surface area contributed by atoms with E-state index in [-0.39, 0.29) is 6.42 Å². The predicted octanol–water partition coefficient (Wildman–Crippen LogP) is 1.03. The molecule has 4 N–H and O–H groups in total. The predicted molar refractivity (Wildman–Crippen MR) is 72.7 cm³/mol.